The second kappa shape index (κ2) is 12.7. The van der Waals surface area contributed by atoms with Crippen LogP contribution in [0.15, 0.2) is 30.6 Å². The number of hydrogen-bond acceptors (Lipinski definition) is 9. The SMILES string of the molecule is COCCOc1cc2ncnc(Nc3ccc(F)c(Cl)c3)c2c(OC2CCNCC2)c1C(=O)N1CCOCC1. The number of fused-ring (bicyclic) bond motifs is 1. The van der Waals surface area contributed by atoms with E-state index in [9.17, 15) is 9.18 Å². The fourth-order valence-electron chi connectivity index (χ4n) is 4.64. The lowest BCUT2D eigenvalue weighted by molar-refractivity contribution is 0.0295. The number of carbonyl (C=O) groups excluding carboxylic acids is 1. The average molecular weight is 560 g/mol. The molecule has 2 aromatic carbocycles. The molecule has 0 radical (unpaired) electrons. The Morgan fingerprint density at radius 3 is 2.74 bits per heavy atom. The summed E-state index contributed by atoms with van der Waals surface area (Å²) < 4.78 is 37.2. The molecule has 2 saturated heterocycles. The molecule has 0 bridgehead atoms. The number of hydrogen-bond donors (Lipinski definition) is 2. The van der Waals surface area contributed by atoms with Crippen molar-refractivity contribution in [3.8, 4) is 11.5 Å². The normalized spacial score (nSPS) is 16.3. The summed E-state index contributed by atoms with van der Waals surface area (Å²) >= 11 is 6.03. The molecule has 0 aliphatic carbocycles. The van der Waals surface area contributed by atoms with Crippen LogP contribution in [0.25, 0.3) is 10.9 Å². The second-order valence-electron chi connectivity index (χ2n) is 9.26. The van der Waals surface area contributed by atoms with Crippen molar-refractivity contribution < 1.29 is 28.1 Å². The highest BCUT2D eigenvalue weighted by molar-refractivity contribution is 6.31. The summed E-state index contributed by atoms with van der Waals surface area (Å²) in [6.45, 7) is 3.98. The van der Waals surface area contributed by atoms with Gasteiger partial charge in [-0.15, -0.1) is 0 Å². The Hall–Kier alpha value is -3.25. The van der Waals surface area contributed by atoms with Crippen LogP contribution in [-0.4, -0.2) is 86.6 Å². The van der Waals surface area contributed by atoms with E-state index in [1.807, 2.05) is 0 Å². The molecule has 2 N–H and O–H groups in total. The lowest BCUT2D eigenvalue weighted by atomic mass is 10.0. The van der Waals surface area contributed by atoms with Gasteiger partial charge in [-0.1, -0.05) is 11.6 Å². The summed E-state index contributed by atoms with van der Waals surface area (Å²) in [5.74, 6) is 0.345. The fourth-order valence-corrected chi connectivity index (χ4v) is 4.83. The monoisotopic (exact) mass is 559 g/mol. The van der Waals surface area contributed by atoms with Crippen LogP contribution in [0.5, 0.6) is 11.5 Å². The number of amides is 1. The van der Waals surface area contributed by atoms with E-state index in [4.69, 9.17) is 30.5 Å². The number of ether oxygens (including phenoxy) is 4. The number of methoxy groups -OCH3 is 1. The molecule has 0 atom stereocenters. The number of aromatic nitrogens is 2. The third kappa shape index (κ3) is 6.33. The smallest absolute Gasteiger partial charge is 0.261 e. The molecule has 3 heterocycles. The molecular weight excluding hydrogens is 529 g/mol. The minimum Gasteiger partial charge on any atom is -0.490 e. The standard InChI is InChI=1S/C27H31ClFN5O5/c1-36-12-13-38-22-15-21-23(26(32-16-31-21)33-17-2-3-20(29)19(28)14-17)25(39-18-4-6-30-7-5-18)24(22)27(35)34-8-10-37-11-9-34/h2-3,14-16,18,30H,4-13H2,1H3,(H,31,32,33). The number of benzene rings is 2. The van der Waals surface area contributed by atoms with Crippen LogP contribution in [-0.2, 0) is 9.47 Å². The minimum absolute atomic E-state index is 0.0263. The van der Waals surface area contributed by atoms with Gasteiger partial charge in [0.2, 0.25) is 0 Å². The van der Waals surface area contributed by atoms with Gasteiger partial charge in [-0.2, -0.15) is 0 Å². The number of halogens is 2. The molecule has 1 amide bonds. The van der Waals surface area contributed by atoms with Crippen molar-refractivity contribution in [2.45, 2.75) is 18.9 Å². The molecule has 208 valence electrons. The van der Waals surface area contributed by atoms with Gasteiger partial charge in [0.1, 0.15) is 47.7 Å². The third-order valence-electron chi connectivity index (χ3n) is 6.66. The highest BCUT2D eigenvalue weighted by Gasteiger charge is 2.31. The van der Waals surface area contributed by atoms with E-state index in [1.165, 1.54) is 18.5 Å². The first-order valence-electron chi connectivity index (χ1n) is 12.9. The number of nitrogens with zero attached hydrogens (tertiary/aromatic N) is 3. The second-order valence-corrected chi connectivity index (χ2v) is 9.67. The van der Waals surface area contributed by atoms with Gasteiger partial charge in [-0.05, 0) is 44.1 Å². The van der Waals surface area contributed by atoms with Crippen LogP contribution in [0.2, 0.25) is 5.02 Å². The van der Waals surface area contributed by atoms with E-state index in [0.29, 0.717) is 72.4 Å². The number of rotatable bonds is 9. The van der Waals surface area contributed by atoms with Crippen molar-refractivity contribution in [1.29, 1.82) is 0 Å². The van der Waals surface area contributed by atoms with Crippen LogP contribution in [0.4, 0.5) is 15.9 Å². The molecule has 2 aliphatic rings. The van der Waals surface area contributed by atoms with E-state index >= 15 is 0 Å². The van der Waals surface area contributed by atoms with Crippen LogP contribution in [0, 0.1) is 5.82 Å². The highest BCUT2D eigenvalue weighted by atomic mass is 35.5. The molecule has 0 saturated carbocycles. The maximum Gasteiger partial charge on any atom is 0.261 e. The summed E-state index contributed by atoms with van der Waals surface area (Å²) in [7, 11) is 1.59. The number of anilines is 2. The topological polar surface area (TPSA) is 107 Å². The molecule has 2 fully saturated rings. The van der Waals surface area contributed by atoms with E-state index in [0.717, 1.165) is 25.9 Å². The van der Waals surface area contributed by atoms with Gasteiger partial charge in [0, 0.05) is 32.0 Å². The number of morpholine rings is 1. The van der Waals surface area contributed by atoms with Crippen LogP contribution >= 0.6 is 11.6 Å². The molecule has 0 unspecified atom stereocenters. The Morgan fingerprint density at radius 2 is 2.00 bits per heavy atom. The van der Waals surface area contributed by atoms with Gasteiger partial charge in [0.05, 0.1) is 35.7 Å². The Balaban J connectivity index is 1.67. The maximum absolute atomic E-state index is 14.1. The quantitative estimate of drug-likeness (QED) is 0.379. The van der Waals surface area contributed by atoms with Gasteiger partial charge in [-0.3, -0.25) is 4.79 Å². The Bertz CT molecular complexity index is 1320. The third-order valence-corrected chi connectivity index (χ3v) is 6.94. The van der Waals surface area contributed by atoms with Crippen LogP contribution in [0.1, 0.15) is 23.2 Å². The maximum atomic E-state index is 14.1. The molecule has 5 rings (SSSR count). The molecule has 3 aromatic rings. The number of piperidine rings is 1. The Morgan fingerprint density at radius 1 is 1.21 bits per heavy atom. The summed E-state index contributed by atoms with van der Waals surface area (Å²) in [5, 5.41) is 7.04. The van der Waals surface area contributed by atoms with Gasteiger partial charge < -0.3 is 34.5 Å². The molecular formula is C27H31ClFN5O5. The van der Waals surface area contributed by atoms with E-state index in [-0.39, 0.29) is 23.6 Å². The van der Waals surface area contributed by atoms with Crippen molar-refractivity contribution in [2.75, 3.05) is 65.0 Å². The zero-order chi connectivity index (χ0) is 27.2. The van der Waals surface area contributed by atoms with E-state index in [1.54, 1.807) is 24.1 Å². The first-order chi connectivity index (χ1) is 19.0. The Labute approximate surface area is 230 Å². The fraction of sp³-hybridized carbons (Fsp3) is 0.444. The molecule has 39 heavy (non-hydrogen) atoms. The predicted molar refractivity (Wildman–Crippen MR) is 145 cm³/mol. The van der Waals surface area contributed by atoms with Crippen molar-refractivity contribution in [2.24, 2.45) is 0 Å². The first kappa shape index (κ1) is 27.3. The molecule has 2 aliphatic heterocycles. The summed E-state index contributed by atoms with van der Waals surface area (Å²) in [5.41, 5.74) is 1.35. The van der Waals surface area contributed by atoms with E-state index in [2.05, 4.69) is 20.6 Å². The molecule has 10 nitrogen and oxygen atoms in total. The number of carbonyl (C=O) groups is 1. The largest absolute Gasteiger partial charge is 0.490 e. The van der Waals surface area contributed by atoms with Gasteiger partial charge in [0.25, 0.3) is 5.91 Å². The van der Waals surface area contributed by atoms with Crippen LogP contribution in [0.3, 0.4) is 0 Å². The minimum atomic E-state index is -0.527. The molecule has 12 heteroatoms. The van der Waals surface area contributed by atoms with Crippen molar-refractivity contribution in [3.05, 3.63) is 47.0 Å². The van der Waals surface area contributed by atoms with Gasteiger partial charge in [-0.25, -0.2) is 14.4 Å². The van der Waals surface area contributed by atoms with Crippen LogP contribution < -0.4 is 20.1 Å². The predicted octanol–water partition coefficient (Wildman–Crippen LogP) is 3.79. The molecule has 1 aromatic heterocycles. The number of nitrogens with one attached hydrogen (secondary N) is 2. The van der Waals surface area contributed by atoms with Gasteiger partial charge >= 0.3 is 0 Å². The van der Waals surface area contributed by atoms with Crippen molar-refractivity contribution in [3.63, 3.8) is 0 Å². The summed E-state index contributed by atoms with van der Waals surface area (Å²) in [6, 6.07) is 6.03. The average Bonchev–Trinajstić information content (AvgIpc) is 2.96. The van der Waals surface area contributed by atoms with E-state index < -0.39 is 5.82 Å². The zero-order valence-corrected chi connectivity index (χ0v) is 22.4. The summed E-state index contributed by atoms with van der Waals surface area (Å²) in [6.07, 6.45) is 2.82. The highest BCUT2D eigenvalue weighted by Crippen LogP contribution is 2.42. The van der Waals surface area contributed by atoms with Crippen molar-refractivity contribution in [1.82, 2.24) is 20.2 Å². The first-order valence-corrected chi connectivity index (χ1v) is 13.3. The lowest BCUT2D eigenvalue weighted by Gasteiger charge is -2.30. The zero-order valence-electron chi connectivity index (χ0n) is 21.7. The molecule has 0 spiro atoms. The Kier molecular flexibility index (Phi) is 8.92. The van der Waals surface area contributed by atoms with Crippen molar-refractivity contribution >= 4 is 39.9 Å². The summed E-state index contributed by atoms with van der Waals surface area (Å²) in [4.78, 5) is 24.7. The van der Waals surface area contributed by atoms with Gasteiger partial charge in [0.15, 0.2) is 0 Å². The lowest BCUT2D eigenvalue weighted by Crippen LogP contribution is -2.41.